The first-order valence-electron chi connectivity index (χ1n) is 8.59. The van der Waals surface area contributed by atoms with Gasteiger partial charge in [0.05, 0.1) is 13.2 Å². The van der Waals surface area contributed by atoms with Crippen LogP contribution in [-0.2, 0) is 9.53 Å². The normalized spacial score (nSPS) is 10.3. The molecule has 0 radical (unpaired) electrons. The molecule has 23 heavy (non-hydrogen) atoms. The van der Waals surface area contributed by atoms with Gasteiger partial charge in [0.15, 0.2) is 5.78 Å². The molecule has 0 aliphatic rings. The van der Waals surface area contributed by atoms with Gasteiger partial charge in [-0.15, -0.1) is 0 Å². The summed E-state index contributed by atoms with van der Waals surface area (Å²) in [7, 11) is 0. The zero-order chi connectivity index (χ0) is 16.9. The summed E-state index contributed by atoms with van der Waals surface area (Å²) in [5.74, 6) is 0.0399. The van der Waals surface area contributed by atoms with Gasteiger partial charge in [-0.2, -0.15) is 0 Å². The Balaban J connectivity index is 2.27. The zero-order valence-corrected chi connectivity index (χ0v) is 14.3. The van der Waals surface area contributed by atoms with E-state index in [1.165, 1.54) is 32.1 Å². The third-order valence-electron chi connectivity index (χ3n) is 3.55. The smallest absolute Gasteiger partial charge is 0.313 e. The predicted molar refractivity (Wildman–Crippen MR) is 90.9 cm³/mol. The van der Waals surface area contributed by atoms with E-state index in [9.17, 15) is 9.59 Å². The minimum atomic E-state index is -0.485. The van der Waals surface area contributed by atoms with Crippen LogP contribution in [0.4, 0.5) is 0 Å². The van der Waals surface area contributed by atoms with Crippen LogP contribution in [0.3, 0.4) is 0 Å². The van der Waals surface area contributed by atoms with Crippen LogP contribution in [0.25, 0.3) is 0 Å². The molecule has 0 saturated carbocycles. The number of carbonyl (C=O) groups is 2. The van der Waals surface area contributed by atoms with Crippen LogP contribution >= 0.6 is 0 Å². The first-order chi connectivity index (χ1) is 11.2. The van der Waals surface area contributed by atoms with E-state index in [0.717, 1.165) is 12.2 Å². The number of rotatable bonds is 12. The summed E-state index contributed by atoms with van der Waals surface area (Å²) in [5.41, 5.74) is 0.505. The highest BCUT2D eigenvalue weighted by Gasteiger charge is 2.12. The largest absolute Gasteiger partial charge is 0.494 e. The Morgan fingerprint density at radius 3 is 2.22 bits per heavy atom. The summed E-state index contributed by atoms with van der Waals surface area (Å²) >= 11 is 0. The van der Waals surface area contributed by atoms with Crippen molar-refractivity contribution in [1.82, 2.24) is 0 Å². The Labute approximate surface area is 139 Å². The fourth-order valence-electron chi connectivity index (χ4n) is 2.25. The van der Waals surface area contributed by atoms with Crippen LogP contribution in [0, 0.1) is 0 Å². The fourth-order valence-corrected chi connectivity index (χ4v) is 2.25. The highest BCUT2D eigenvalue weighted by atomic mass is 16.5. The molecule has 0 aliphatic carbocycles. The van der Waals surface area contributed by atoms with Gasteiger partial charge in [0.2, 0.25) is 0 Å². The van der Waals surface area contributed by atoms with E-state index in [-0.39, 0.29) is 18.8 Å². The topological polar surface area (TPSA) is 52.6 Å². The van der Waals surface area contributed by atoms with Gasteiger partial charge in [-0.1, -0.05) is 39.0 Å². The van der Waals surface area contributed by atoms with Crippen molar-refractivity contribution in [3.05, 3.63) is 29.8 Å². The monoisotopic (exact) mass is 320 g/mol. The lowest BCUT2D eigenvalue weighted by Crippen LogP contribution is -2.11. The van der Waals surface area contributed by atoms with Crippen molar-refractivity contribution in [1.29, 1.82) is 0 Å². The number of benzene rings is 1. The molecular formula is C19H28O4. The average molecular weight is 320 g/mol. The minimum absolute atomic E-state index is 0.216. The molecule has 1 aromatic rings. The van der Waals surface area contributed by atoms with Crippen molar-refractivity contribution in [2.24, 2.45) is 0 Å². The molecule has 0 saturated heterocycles. The number of unbranched alkanes of at least 4 members (excludes halogenated alkanes) is 5. The molecule has 4 nitrogen and oxygen atoms in total. The maximum Gasteiger partial charge on any atom is 0.313 e. The van der Waals surface area contributed by atoms with Gasteiger partial charge in [0, 0.05) is 5.56 Å². The van der Waals surface area contributed by atoms with Crippen LogP contribution < -0.4 is 4.74 Å². The molecule has 1 aromatic carbocycles. The van der Waals surface area contributed by atoms with Crippen molar-refractivity contribution in [2.45, 2.75) is 58.8 Å². The van der Waals surface area contributed by atoms with E-state index in [1.807, 2.05) is 0 Å². The Bertz CT molecular complexity index is 465. The molecule has 4 heteroatoms. The molecule has 0 atom stereocenters. The second kappa shape index (κ2) is 11.7. The average Bonchev–Trinajstić information content (AvgIpc) is 2.54. The number of carbonyl (C=O) groups excluding carboxylic acids is 2. The van der Waals surface area contributed by atoms with Crippen LogP contribution in [-0.4, -0.2) is 25.0 Å². The maximum absolute atomic E-state index is 11.9. The van der Waals surface area contributed by atoms with E-state index in [0.29, 0.717) is 12.2 Å². The quantitative estimate of drug-likeness (QED) is 0.245. The zero-order valence-electron chi connectivity index (χ0n) is 14.3. The molecule has 0 unspecified atom stereocenters. The summed E-state index contributed by atoms with van der Waals surface area (Å²) in [6.07, 6.45) is 7.15. The summed E-state index contributed by atoms with van der Waals surface area (Å²) in [6.45, 7) is 4.92. The van der Waals surface area contributed by atoms with Gasteiger partial charge in [-0.05, 0) is 37.6 Å². The molecule has 0 heterocycles. The predicted octanol–water partition coefficient (Wildman–Crippen LogP) is 4.56. The van der Waals surface area contributed by atoms with E-state index in [4.69, 9.17) is 9.47 Å². The molecular weight excluding hydrogens is 292 g/mol. The van der Waals surface area contributed by atoms with Gasteiger partial charge >= 0.3 is 5.97 Å². The first kappa shape index (κ1) is 19.2. The van der Waals surface area contributed by atoms with Crippen molar-refractivity contribution >= 4 is 11.8 Å². The van der Waals surface area contributed by atoms with Crippen LogP contribution in [0.5, 0.6) is 5.75 Å². The van der Waals surface area contributed by atoms with Crippen molar-refractivity contribution in [3.8, 4) is 5.75 Å². The molecule has 128 valence electrons. The van der Waals surface area contributed by atoms with Crippen molar-refractivity contribution < 1.29 is 19.1 Å². The second-order valence-electron chi connectivity index (χ2n) is 5.55. The molecule has 1 rings (SSSR count). The number of esters is 1. The van der Waals surface area contributed by atoms with E-state index in [2.05, 4.69) is 6.92 Å². The number of hydrogen-bond donors (Lipinski definition) is 0. The van der Waals surface area contributed by atoms with Gasteiger partial charge in [0.25, 0.3) is 0 Å². The van der Waals surface area contributed by atoms with E-state index >= 15 is 0 Å². The van der Waals surface area contributed by atoms with Gasteiger partial charge in [-0.3, -0.25) is 9.59 Å². The van der Waals surface area contributed by atoms with Crippen LogP contribution in [0.1, 0.15) is 69.2 Å². The highest BCUT2D eigenvalue weighted by Crippen LogP contribution is 2.15. The summed E-state index contributed by atoms with van der Waals surface area (Å²) in [6, 6.07) is 6.93. The third-order valence-corrected chi connectivity index (χ3v) is 3.55. The Hall–Kier alpha value is -1.84. The molecule has 0 bridgehead atoms. The van der Waals surface area contributed by atoms with Crippen LogP contribution in [0.15, 0.2) is 24.3 Å². The number of hydrogen-bond acceptors (Lipinski definition) is 4. The molecule has 0 amide bonds. The Morgan fingerprint density at radius 2 is 1.57 bits per heavy atom. The molecule has 0 aromatic heterocycles. The fraction of sp³-hybridized carbons (Fsp3) is 0.579. The third kappa shape index (κ3) is 8.38. The lowest BCUT2D eigenvalue weighted by atomic mass is 10.1. The van der Waals surface area contributed by atoms with Gasteiger partial charge < -0.3 is 9.47 Å². The highest BCUT2D eigenvalue weighted by molar-refractivity contribution is 6.05. The first-order valence-corrected chi connectivity index (χ1v) is 8.59. The lowest BCUT2D eigenvalue weighted by molar-refractivity contribution is -0.141. The minimum Gasteiger partial charge on any atom is -0.494 e. The summed E-state index contributed by atoms with van der Waals surface area (Å²) in [4.78, 5) is 23.2. The standard InChI is InChI=1S/C19H28O4/c1-3-5-6-7-8-9-14-23-17-12-10-16(11-13-17)18(20)15-19(21)22-4-2/h10-13H,3-9,14-15H2,1-2H3. The number of ketones is 1. The molecule has 0 aliphatic heterocycles. The molecule has 0 spiro atoms. The molecule has 0 fully saturated rings. The SMILES string of the molecule is CCCCCCCCOc1ccc(C(=O)CC(=O)OCC)cc1. The lowest BCUT2D eigenvalue weighted by Gasteiger charge is -2.07. The van der Waals surface area contributed by atoms with E-state index < -0.39 is 5.97 Å². The van der Waals surface area contributed by atoms with E-state index in [1.54, 1.807) is 31.2 Å². The van der Waals surface area contributed by atoms with Crippen molar-refractivity contribution in [3.63, 3.8) is 0 Å². The molecule has 0 N–H and O–H groups in total. The number of ether oxygens (including phenoxy) is 2. The summed E-state index contributed by atoms with van der Waals surface area (Å²) < 4.78 is 10.4. The van der Waals surface area contributed by atoms with Crippen LogP contribution in [0.2, 0.25) is 0 Å². The summed E-state index contributed by atoms with van der Waals surface area (Å²) in [5, 5.41) is 0. The Morgan fingerprint density at radius 1 is 0.913 bits per heavy atom. The maximum atomic E-state index is 11.9. The Kier molecular flexibility index (Phi) is 9.76. The van der Waals surface area contributed by atoms with Gasteiger partial charge in [0.1, 0.15) is 12.2 Å². The number of Topliss-reactive ketones (excluding diaryl/α,β-unsaturated/α-hetero) is 1. The van der Waals surface area contributed by atoms with Crippen molar-refractivity contribution in [2.75, 3.05) is 13.2 Å². The second-order valence-corrected chi connectivity index (χ2v) is 5.55. The van der Waals surface area contributed by atoms with Gasteiger partial charge in [-0.25, -0.2) is 0 Å².